The van der Waals surface area contributed by atoms with Crippen molar-refractivity contribution < 1.29 is 28.8 Å². The number of nitro groups is 1. The smallest absolute Gasteiger partial charge is 0.355 e. The van der Waals surface area contributed by atoms with E-state index < -0.39 is 22.3 Å². The molecule has 2 heterocycles. The summed E-state index contributed by atoms with van der Waals surface area (Å²) in [6, 6.07) is 14.1. The number of hydrogen-bond donors (Lipinski definition) is 1. The van der Waals surface area contributed by atoms with Gasteiger partial charge in [0, 0.05) is 25.0 Å². The molecule has 1 N–H and O–H groups in total. The van der Waals surface area contributed by atoms with E-state index in [9.17, 15) is 24.5 Å². The second-order valence-corrected chi connectivity index (χ2v) is 9.11. The fourth-order valence-electron chi connectivity index (χ4n) is 3.89. The number of nitro benzene ring substituents is 1. The van der Waals surface area contributed by atoms with Crippen LogP contribution >= 0.6 is 11.8 Å². The molecule has 0 aliphatic carbocycles. The number of benzene rings is 2. The number of carbonyl (C=O) groups is 3. The van der Waals surface area contributed by atoms with Crippen LogP contribution in [0.1, 0.15) is 11.1 Å². The number of nitrogens with zero attached hydrogens (tertiary/aromatic N) is 2. The number of rotatable bonds is 9. The van der Waals surface area contributed by atoms with Crippen LogP contribution in [0.15, 0.2) is 65.9 Å². The quantitative estimate of drug-likeness (QED) is 0.242. The number of hydrogen-bond acceptors (Lipinski definition) is 8. The Morgan fingerprint density at radius 1 is 1.11 bits per heavy atom. The van der Waals surface area contributed by atoms with Crippen molar-refractivity contribution >= 4 is 35.2 Å². The molecule has 35 heavy (non-hydrogen) atoms. The minimum Gasteiger partial charge on any atom is -0.456 e. The fraction of sp³-hybridized carbons (Fsp3) is 0.292. The summed E-state index contributed by atoms with van der Waals surface area (Å²) < 4.78 is 10.6. The van der Waals surface area contributed by atoms with E-state index in [0.29, 0.717) is 16.9 Å². The van der Waals surface area contributed by atoms with Crippen molar-refractivity contribution in [2.24, 2.45) is 0 Å². The van der Waals surface area contributed by atoms with Crippen molar-refractivity contribution in [3.63, 3.8) is 0 Å². The third kappa shape index (κ3) is 5.36. The Bertz CT molecular complexity index is 1170. The fourth-order valence-corrected chi connectivity index (χ4v) is 5.22. The maximum Gasteiger partial charge on any atom is 0.355 e. The molecule has 0 spiro atoms. The first-order chi connectivity index (χ1) is 16.9. The third-order valence-corrected chi connectivity index (χ3v) is 6.94. The summed E-state index contributed by atoms with van der Waals surface area (Å²) in [6.07, 6.45) is 0.150. The first-order valence-electron chi connectivity index (χ1n) is 10.8. The molecule has 1 fully saturated rings. The Hall–Kier alpha value is -3.70. The van der Waals surface area contributed by atoms with Crippen LogP contribution in [0.4, 0.5) is 5.69 Å². The van der Waals surface area contributed by atoms with Crippen LogP contribution in [0.2, 0.25) is 0 Å². The maximum atomic E-state index is 13.0. The van der Waals surface area contributed by atoms with Crippen LogP contribution in [0.25, 0.3) is 0 Å². The van der Waals surface area contributed by atoms with Crippen molar-refractivity contribution in [3.05, 3.63) is 87.1 Å². The number of non-ortho nitro benzene ring substituents is 1. The highest BCUT2D eigenvalue weighted by Gasteiger charge is 2.54. The SMILES string of the molecule is COCC1=C(C(=O)OCc2ccc([N+](=O)[O-])cc2)N2C(=O)[C@@H](NC(=O)Cc3ccccc3)[C@H]2SC1. The second kappa shape index (κ2) is 10.7. The van der Waals surface area contributed by atoms with Crippen molar-refractivity contribution in [3.8, 4) is 0 Å². The van der Waals surface area contributed by atoms with Gasteiger partial charge in [0.25, 0.3) is 11.6 Å². The Kier molecular flexibility index (Phi) is 7.47. The molecule has 2 aromatic rings. The topological polar surface area (TPSA) is 128 Å². The molecular weight excluding hydrogens is 474 g/mol. The van der Waals surface area contributed by atoms with Gasteiger partial charge < -0.3 is 14.8 Å². The maximum absolute atomic E-state index is 13.0. The highest BCUT2D eigenvalue weighted by molar-refractivity contribution is 8.00. The molecule has 0 bridgehead atoms. The number of ether oxygens (including phenoxy) is 2. The first-order valence-corrected chi connectivity index (χ1v) is 11.8. The number of amides is 2. The van der Waals surface area contributed by atoms with E-state index in [1.54, 1.807) is 0 Å². The van der Waals surface area contributed by atoms with Crippen LogP contribution in [0.5, 0.6) is 0 Å². The van der Waals surface area contributed by atoms with Gasteiger partial charge in [-0.15, -0.1) is 11.8 Å². The Balaban J connectivity index is 1.43. The molecule has 0 radical (unpaired) electrons. The van der Waals surface area contributed by atoms with Crippen molar-refractivity contribution in [1.29, 1.82) is 0 Å². The van der Waals surface area contributed by atoms with E-state index in [2.05, 4.69) is 5.32 Å². The van der Waals surface area contributed by atoms with E-state index in [4.69, 9.17) is 9.47 Å². The molecule has 182 valence electrons. The third-order valence-electron chi connectivity index (χ3n) is 5.60. The zero-order chi connectivity index (χ0) is 24.9. The zero-order valence-electron chi connectivity index (χ0n) is 18.8. The molecule has 4 rings (SSSR count). The normalized spacial score (nSPS) is 19.0. The van der Waals surface area contributed by atoms with Crippen LogP contribution < -0.4 is 5.32 Å². The monoisotopic (exact) mass is 497 g/mol. The van der Waals surface area contributed by atoms with Gasteiger partial charge in [-0.3, -0.25) is 24.6 Å². The van der Waals surface area contributed by atoms with Crippen LogP contribution in [0.3, 0.4) is 0 Å². The van der Waals surface area contributed by atoms with Gasteiger partial charge in [0.05, 0.1) is 18.0 Å². The molecule has 2 aromatic carbocycles. The van der Waals surface area contributed by atoms with E-state index in [-0.39, 0.29) is 42.8 Å². The number of carbonyl (C=O) groups excluding carboxylic acids is 3. The molecule has 2 atom stereocenters. The standard InChI is InChI=1S/C24H23N3O7S/c1-33-13-17-14-35-23-20(25-19(28)11-15-5-3-2-4-6-15)22(29)26(23)21(17)24(30)34-12-16-7-9-18(10-8-16)27(31)32/h2-10,20,23H,11-14H2,1H3,(H,25,28)/t20-,23-/m1/s1. The largest absolute Gasteiger partial charge is 0.456 e. The molecule has 0 aromatic heterocycles. The second-order valence-electron chi connectivity index (χ2n) is 8.00. The molecule has 11 heteroatoms. The lowest BCUT2D eigenvalue weighted by Crippen LogP contribution is -2.70. The summed E-state index contributed by atoms with van der Waals surface area (Å²) in [4.78, 5) is 50.1. The molecule has 10 nitrogen and oxygen atoms in total. The number of methoxy groups -OCH3 is 1. The van der Waals surface area contributed by atoms with Crippen LogP contribution in [-0.4, -0.2) is 58.5 Å². The van der Waals surface area contributed by atoms with E-state index in [0.717, 1.165) is 5.56 Å². The predicted molar refractivity (Wildman–Crippen MR) is 127 cm³/mol. The minimum atomic E-state index is -0.738. The summed E-state index contributed by atoms with van der Waals surface area (Å²) in [5.41, 5.74) is 2.08. The van der Waals surface area contributed by atoms with Gasteiger partial charge in [-0.05, 0) is 28.8 Å². The lowest BCUT2D eigenvalue weighted by Gasteiger charge is -2.49. The average Bonchev–Trinajstić information content (AvgIpc) is 2.86. The van der Waals surface area contributed by atoms with E-state index in [1.165, 1.54) is 48.0 Å². The summed E-state index contributed by atoms with van der Waals surface area (Å²) >= 11 is 1.44. The van der Waals surface area contributed by atoms with Crippen molar-refractivity contribution in [2.45, 2.75) is 24.4 Å². The molecule has 0 saturated carbocycles. The lowest BCUT2D eigenvalue weighted by molar-refractivity contribution is -0.384. The highest BCUT2D eigenvalue weighted by atomic mass is 32.2. The average molecular weight is 498 g/mol. The van der Waals surface area contributed by atoms with Gasteiger partial charge in [0.1, 0.15) is 23.7 Å². The lowest BCUT2D eigenvalue weighted by atomic mass is 10.0. The van der Waals surface area contributed by atoms with E-state index in [1.807, 2.05) is 30.3 Å². The summed E-state index contributed by atoms with van der Waals surface area (Å²) in [7, 11) is 1.49. The number of β-lactam (4-membered cyclic amide) rings is 1. The molecule has 2 aliphatic heterocycles. The van der Waals surface area contributed by atoms with Gasteiger partial charge in [-0.2, -0.15) is 0 Å². The summed E-state index contributed by atoms with van der Waals surface area (Å²) in [6.45, 7) is 0.0359. The number of thioether (sulfide) groups is 1. The van der Waals surface area contributed by atoms with Gasteiger partial charge in [-0.1, -0.05) is 30.3 Å². The van der Waals surface area contributed by atoms with Crippen molar-refractivity contribution in [1.82, 2.24) is 10.2 Å². The van der Waals surface area contributed by atoms with Gasteiger partial charge in [0.15, 0.2) is 0 Å². The number of nitrogens with one attached hydrogen (secondary N) is 1. The molecule has 0 unspecified atom stereocenters. The van der Waals surface area contributed by atoms with Crippen molar-refractivity contribution in [2.75, 3.05) is 19.5 Å². The molecule has 2 aliphatic rings. The van der Waals surface area contributed by atoms with Crippen LogP contribution in [-0.2, 0) is 36.9 Å². The Morgan fingerprint density at radius 3 is 2.49 bits per heavy atom. The minimum absolute atomic E-state index is 0.0659. The van der Waals surface area contributed by atoms with Gasteiger partial charge >= 0.3 is 5.97 Å². The Morgan fingerprint density at radius 2 is 1.83 bits per heavy atom. The summed E-state index contributed by atoms with van der Waals surface area (Å²) in [5, 5.41) is 13.2. The predicted octanol–water partition coefficient (Wildman–Crippen LogP) is 2.18. The Labute approximate surface area is 205 Å². The summed E-state index contributed by atoms with van der Waals surface area (Å²) in [5.74, 6) is -0.915. The first kappa shape index (κ1) is 24.4. The molecule has 2 amide bonds. The van der Waals surface area contributed by atoms with E-state index >= 15 is 0 Å². The van der Waals surface area contributed by atoms with Gasteiger partial charge in [-0.25, -0.2) is 4.79 Å². The molecular formula is C24H23N3O7S. The number of esters is 1. The number of fused-ring (bicyclic) bond motifs is 1. The van der Waals surface area contributed by atoms with Crippen LogP contribution in [0, 0.1) is 10.1 Å². The van der Waals surface area contributed by atoms with Gasteiger partial charge in [0.2, 0.25) is 5.91 Å². The highest BCUT2D eigenvalue weighted by Crippen LogP contribution is 2.40. The zero-order valence-corrected chi connectivity index (χ0v) is 19.7. The molecule has 1 saturated heterocycles.